The lowest BCUT2D eigenvalue weighted by Crippen LogP contribution is -2.48. The van der Waals surface area contributed by atoms with Crippen molar-refractivity contribution in [3.05, 3.63) is 81.3 Å². The molecule has 1 amide bonds. The number of hydrogen-bond acceptors (Lipinski definition) is 7. The van der Waals surface area contributed by atoms with Gasteiger partial charge in [0.15, 0.2) is 0 Å². The van der Waals surface area contributed by atoms with E-state index in [9.17, 15) is 23.1 Å². The summed E-state index contributed by atoms with van der Waals surface area (Å²) >= 11 is 5.72. The predicted octanol–water partition coefficient (Wildman–Crippen LogP) is 4.99. The largest absolute Gasteiger partial charge is 0.417 e. The second kappa shape index (κ2) is 9.95. The van der Waals surface area contributed by atoms with Gasteiger partial charge in [0, 0.05) is 48.9 Å². The highest BCUT2D eigenvalue weighted by molar-refractivity contribution is 6.31. The summed E-state index contributed by atoms with van der Waals surface area (Å²) in [4.78, 5) is 25.6. The van der Waals surface area contributed by atoms with Gasteiger partial charge in [-0.3, -0.25) is 14.8 Å². The minimum absolute atomic E-state index is 0.00980. The molecule has 40 heavy (non-hydrogen) atoms. The summed E-state index contributed by atoms with van der Waals surface area (Å²) in [6.45, 7) is 10.4. The summed E-state index contributed by atoms with van der Waals surface area (Å²) in [5, 5.41) is 11.8. The van der Waals surface area contributed by atoms with Crippen molar-refractivity contribution in [2.75, 3.05) is 13.1 Å². The summed E-state index contributed by atoms with van der Waals surface area (Å²) in [7, 11) is 0. The monoisotopic (exact) mass is 576 g/mol. The van der Waals surface area contributed by atoms with Crippen LogP contribution in [0.4, 0.5) is 13.2 Å². The van der Waals surface area contributed by atoms with E-state index in [1.807, 2.05) is 19.1 Å². The number of aromatic nitrogens is 2. The summed E-state index contributed by atoms with van der Waals surface area (Å²) in [6, 6.07) is 4.36. The number of alkyl halides is 3. The van der Waals surface area contributed by atoms with Gasteiger partial charge in [0.2, 0.25) is 0 Å². The molecule has 8 nitrogen and oxygen atoms in total. The lowest BCUT2D eigenvalue weighted by atomic mass is 9.97. The second-order valence-electron chi connectivity index (χ2n) is 11.2. The van der Waals surface area contributed by atoms with Gasteiger partial charge in [-0.05, 0) is 52.3 Å². The van der Waals surface area contributed by atoms with Crippen LogP contribution < -0.4 is 5.43 Å². The topological polar surface area (TPSA) is 84.8 Å². The molecule has 214 valence electrons. The van der Waals surface area contributed by atoms with Crippen LogP contribution in [-0.4, -0.2) is 61.0 Å². The lowest BCUT2D eigenvalue weighted by Gasteiger charge is -2.41. The Morgan fingerprint density at radius 1 is 1.18 bits per heavy atom. The van der Waals surface area contributed by atoms with E-state index in [4.69, 9.17) is 11.6 Å². The molecular formula is C28H32ClF3N6O2. The Morgan fingerprint density at radius 3 is 2.52 bits per heavy atom. The van der Waals surface area contributed by atoms with Crippen LogP contribution in [-0.2, 0) is 11.8 Å². The molecule has 0 saturated heterocycles. The number of aliphatic hydroxyl groups is 1. The number of halogens is 4. The fourth-order valence-corrected chi connectivity index (χ4v) is 5.61. The maximum atomic E-state index is 13.4. The minimum atomic E-state index is -4.69. The van der Waals surface area contributed by atoms with Gasteiger partial charge < -0.3 is 20.3 Å². The highest BCUT2D eigenvalue weighted by atomic mass is 35.5. The van der Waals surface area contributed by atoms with Crippen molar-refractivity contribution < 1.29 is 23.1 Å². The van der Waals surface area contributed by atoms with Crippen molar-refractivity contribution in [2.45, 2.75) is 70.9 Å². The average Bonchev–Trinajstić information content (AvgIpc) is 3.24. The van der Waals surface area contributed by atoms with E-state index in [2.05, 4.69) is 45.3 Å². The highest BCUT2D eigenvalue weighted by Crippen LogP contribution is 2.39. The van der Waals surface area contributed by atoms with Gasteiger partial charge in [-0.2, -0.15) is 13.2 Å². The molecule has 0 aromatic carbocycles. The van der Waals surface area contributed by atoms with Crippen molar-refractivity contribution in [3.63, 3.8) is 0 Å². The Balaban J connectivity index is 1.41. The molecular weight excluding hydrogens is 545 g/mol. The molecule has 2 aromatic heterocycles. The van der Waals surface area contributed by atoms with Gasteiger partial charge in [-0.15, -0.1) is 0 Å². The molecule has 0 fully saturated rings. The summed E-state index contributed by atoms with van der Waals surface area (Å²) < 4.78 is 40.3. The van der Waals surface area contributed by atoms with Crippen LogP contribution in [0.25, 0.3) is 0 Å². The zero-order chi connectivity index (χ0) is 29.1. The van der Waals surface area contributed by atoms with Crippen molar-refractivity contribution in [1.82, 2.24) is 30.2 Å². The molecule has 3 aliphatic rings. The molecule has 0 saturated carbocycles. The van der Waals surface area contributed by atoms with Gasteiger partial charge in [0.05, 0.1) is 40.6 Å². The first-order valence-corrected chi connectivity index (χ1v) is 13.5. The zero-order valence-electron chi connectivity index (χ0n) is 22.9. The molecule has 0 radical (unpaired) electrons. The molecule has 2 aromatic rings. The van der Waals surface area contributed by atoms with Crippen LogP contribution in [0.15, 0.2) is 53.8 Å². The van der Waals surface area contributed by atoms with Crippen molar-refractivity contribution >= 4 is 17.5 Å². The molecule has 2 N–H and O–H groups in total. The number of nitrogens with one attached hydrogen (secondary N) is 1. The predicted molar refractivity (Wildman–Crippen MR) is 144 cm³/mol. The molecule has 0 bridgehead atoms. The van der Waals surface area contributed by atoms with E-state index >= 15 is 0 Å². The van der Waals surface area contributed by atoms with Gasteiger partial charge in [-0.25, -0.2) is 4.98 Å². The zero-order valence-corrected chi connectivity index (χ0v) is 23.7. The van der Waals surface area contributed by atoms with E-state index in [0.29, 0.717) is 12.1 Å². The Kier molecular flexibility index (Phi) is 7.02. The molecule has 1 unspecified atom stereocenters. The Hall–Kier alpha value is -3.31. The Labute approximate surface area is 236 Å². The van der Waals surface area contributed by atoms with E-state index in [-0.39, 0.29) is 30.4 Å². The first-order chi connectivity index (χ1) is 18.6. The van der Waals surface area contributed by atoms with Crippen LogP contribution >= 0.6 is 11.6 Å². The third-order valence-electron chi connectivity index (χ3n) is 7.79. The van der Waals surface area contributed by atoms with E-state index in [1.165, 1.54) is 0 Å². The fourth-order valence-electron chi connectivity index (χ4n) is 5.40. The number of pyridine rings is 2. The summed E-state index contributed by atoms with van der Waals surface area (Å²) in [5.41, 5.74) is 5.53. The molecule has 0 aliphatic carbocycles. The molecule has 5 rings (SSSR count). The summed E-state index contributed by atoms with van der Waals surface area (Å²) in [6.07, 6.45) is 0.553. The highest BCUT2D eigenvalue weighted by Gasteiger charge is 2.41. The number of amides is 1. The lowest BCUT2D eigenvalue weighted by molar-refractivity contribution is -0.137. The average molecular weight is 577 g/mol. The third kappa shape index (κ3) is 5.12. The maximum absolute atomic E-state index is 13.4. The molecule has 5 heterocycles. The quantitative estimate of drug-likeness (QED) is 0.530. The van der Waals surface area contributed by atoms with E-state index in [0.717, 1.165) is 41.3 Å². The molecule has 3 atom stereocenters. The minimum Gasteiger partial charge on any atom is -0.384 e. The number of carbonyl (C=O) groups excluding carboxylic acids is 1. The molecule has 12 heteroatoms. The van der Waals surface area contributed by atoms with Crippen LogP contribution in [0.3, 0.4) is 0 Å². The second-order valence-corrected chi connectivity index (χ2v) is 11.7. The van der Waals surface area contributed by atoms with E-state index < -0.39 is 28.3 Å². The molecule has 3 aliphatic heterocycles. The standard InChI is InChI=1S/C28H32ClF3N6O2/c1-15-8-22-19(13-37(15)26(39)23-9-20(28(30,31)32)21(29)11-33-23)24-14-36(12-16(2)38(24)35-22)17(3)18-6-7-25(34-10-18)27(4,5)40/h6-7,9-11,14-17,35,40H,8,12-13H2,1-5H3/t15-,16-,17?/m1/s1. The third-order valence-corrected chi connectivity index (χ3v) is 8.09. The number of rotatable bonds is 4. The maximum Gasteiger partial charge on any atom is 0.417 e. The van der Waals surface area contributed by atoms with Gasteiger partial charge >= 0.3 is 6.18 Å². The Bertz CT molecular complexity index is 1390. The number of hydrogen-bond donors (Lipinski definition) is 2. The first-order valence-electron chi connectivity index (χ1n) is 13.1. The van der Waals surface area contributed by atoms with Crippen LogP contribution in [0.1, 0.15) is 74.4 Å². The number of fused-ring (bicyclic) bond motifs is 2. The van der Waals surface area contributed by atoms with Crippen LogP contribution in [0.2, 0.25) is 5.02 Å². The van der Waals surface area contributed by atoms with E-state index in [1.54, 1.807) is 24.9 Å². The summed E-state index contributed by atoms with van der Waals surface area (Å²) in [5.74, 6) is -0.577. The van der Waals surface area contributed by atoms with Crippen LogP contribution in [0.5, 0.6) is 0 Å². The number of nitrogens with zero attached hydrogens (tertiary/aromatic N) is 5. The van der Waals surface area contributed by atoms with Crippen LogP contribution in [0, 0.1) is 0 Å². The van der Waals surface area contributed by atoms with Gasteiger partial charge in [0.1, 0.15) is 11.3 Å². The van der Waals surface area contributed by atoms with Crippen molar-refractivity contribution in [2.24, 2.45) is 0 Å². The fraction of sp³-hybridized carbons (Fsp3) is 0.464. The van der Waals surface area contributed by atoms with Crippen molar-refractivity contribution in [1.29, 1.82) is 0 Å². The normalized spacial score (nSPS) is 22.1. The smallest absolute Gasteiger partial charge is 0.384 e. The van der Waals surface area contributed by atoms with Gasteiger partial charge in [-0.1, -0.05) is 17.7 Å². The first kappa shape index (κ1) is 28.2. The number of hydrazine groups is 1. The van der Waals surface area contributed by atoms with Gasteiger partial charge in [0.25, 0.3) is 5.91 Å². The number of carbonyl (C=O) groups is 1. The van der Waals surface area contributed by atoms with Crippen molar-refractivity contribution in [3.8, 4) is 0 Å². The SMILES string of the molecule is CC(c1ccc(C(C)(C)O)nc1)N1C=C2C3=C(C[C@@H](C)N(C(=O)c4cc(C(F)(F)F)c(Cl)cn4)C3)NN2[C@H](C)C1. The Morgan fingerprint density at radius 2 is 1.90 bits per heavy atom. The molecule has 0 spiro atoms.